The van der Waals surface area contributed by atoms with Crippen LogP contribution in [0.3, 0.4) is 0 Å². The van der Waals surface area contributed by atoms with Gasteiger partial charge in [-0.2, -0.15) is 0 Å². The molecule has 1 aromatic rings. The topological polar surface area (TPSA) is 56.7 Å². The number of aromatic carboxylic acids is 1. The van der Waals surface area contributed by atoms with E-state index in [0.29, 0.717) is 16.8 Å². The van der Waals surface area contributed by atoms with Crippen LogP contribution in [0.4, 0.5) is 5.13 Å². The van der Waals surface area contributed by atoms with E-state index in [1.54, 1.807) is 0 Å². The predicted molar refractivity (Wildman–Crippen MR) is 84.6 cm³/mol. The molecule has 0 amide bonds. The lowest BCUT2D eigenvalue weighted by atomic mass is 10.2. The Kier molecular flexibility index (Phi) is 4.17. The molecule has 21 heavy (non-hydrogen) atoms. The van der Waals surface area contributed by atoms with Crippen LogP contribution < -0.4 is 4.90 Å². The fourth-order valence-electron chi connectivity index (χ4n) is 3.18. The highest BCUT2D eigenvalue weighted by Crippen LogP contribution is 2.44. The Bertz CT molecular complexity index is 527. The number of carbonyl (C=O) groups is 1. The fraction of sp³-hybridized carbons (Fsp3) is 0.733. The lowest BCUT2D eigenvalue weighted by molar-refractivity contribution is 0.0700. The highest BCUT2D eigenvalue weighted by Gasteiger charge is 2.33. The maximum atomic E-state index is 11.4. The first-order valence-electron chi connectivity index (χ1n) is 7.79. The number of likely N-dealkylation sites (N-methyl/N-ethyl adjacent to an activating group) is 2. The number of carboxylic acids is 1. The monoisotopic (exact) mass is 309 g/mol. The van der Waals surface area contributed by atoms with Gasteiger partial charge in [0.25, 0.3) is 0 Å². The SMILES string of the molecule is CCN1CCCC1CN(C)c1nc(C2CC2)c(C(=O)O)s1. The number of hydrogen-bond acceptors (Lipinski definition) is 5. The van der Waals surface area contributed by atoms with E-state index in [1.807, 2.05) is 7.05 Å². The van der Waals surface area contributed by atoms with Crippen LogP contribution in [0.15, 0.2) is 0 Å². The number of aromatic nitrogens is 1. The van der Waals surface area contributed by atoms with Crippen LogP contribution in [-0.2, 0) is 0 Å². The molecule has 2 aliphatic rings. The fourth-order valence-corrected chi connectivity index (χ4v) is 4.14. The lowest BCUT2D eigenvalue weighted by Gasteiger charge is -2.27. The maximum Gasteiger partial charge on any atom is 0.347 e. The van der Waals surface area contributed by atoms with Gasteiger partial charge < -0.3 is 10.0 Å². The average molecular weight is 309 g/mol. The van der Waals surface area contributed by atoms with Crippen LogP contribution in [0.2, 0.25) is 0 Å². The Labute approximate surface area is 129 Å². The smallest absolute Gasteiger partial charge is 0.347 e. The summed E-state index contributed by atoms with van der Waals surface area (Å²) in [5, 5.41) is 10.2. The number of nitrogens with zero attached hydrogens (tertiary/aromatic N) is 3. The Morgan fingerprint density at radius 2 is 2.24 bits per heavy atom. The molecular weight excluding hydrogens is 286 g/mol. The average Bonchev–Trinajstić information content (AvgIpc) is 3.03. The first-order valence-corrected chi connectivity index (χ1v) is 8.61. The third-order valence-corrected chi connectivity index (χ3v) is 5.69. The van der Waals surface area contributed by atoms with Gasteiger partial charge in [0.1, 0.15) is 4.88 Å². The lowest BCUT2D eigenvalue weighted by Crippen LogP contribution is -2.38. The molecule has 0 radical (unpaired) electrons. The van der Waals surface area contributed by atoms with Gasteiger partial charge >= 0.3 is 5.97 Å². The van der Waals surface area contributed by atoms with Gasteiger partial charge in [-0.1, -0.05) is 18.3 Å². The molecule has 1 atom stereocenters. The van der Waals surface area contributed by atoms with Crippen molar-refractivity contribution in [2.75, 3.05) is 31.6 Å². The summed E-state index contributed by atoms with van der Waals surface area (Å²) in [5.74, 6) is -0.446. The van der Waals surface area contributed by atoms with Crippen molar-refractivity contribution >= 4 is 22.4 Å². The first-order chi connectivity index (χ1) is 10.1. The molecule has 2 fully saturated rings. The summed E-state index contributed by atoms with van der Waals surface area (Å²) in [5.41, 5.74) is 0.813. The molecule has 0 aromatic carbocycles. The number of rotatable bonds is 6. The van der Waals surface area contributed by atoms with E-state index in [0.717, 1.165) is 36.8 Å². The Morgan fingerprint density at radius 1 is 1.48 bits per heavy atom. The highest BCUT2D eigenvalue weighted by atomic mass is 32.1. The van der Waals surface area contributed by atoms with Crippen LogP contribution in [0.25, 0.3) is 0 Å². The summed E-state index contributed by atoms with van der Waals surface area (Å²) in [6, 6.07) is 0.571. The van der Waals surface area contributed by atoms with Crippen molar-refractivity contribution in [2.45, 2.75) is 44.6 Å². The van der Waals surface area contributed by atoms with Gasteiger partial charge in [-0.3, -0.25) is 4.90 Å². The molecule has 5 nitrogen and oxygen atoms in total. The van der Waals surface area contributed by atoms with Crippen molar-refractivity contribution < 1.29 is 9.90 Å². The first kappa shape index (κ1) is 14.8. The van der Waals surface area contributed by atoms with E-state index in [2.05, 4.69) is 21.7 Å². The van der Waals surface area contributed by atoms with Crippen molar-refractivity contribution in [1.29, 1.82) is 0 Å². The summed E-state index contributed by atoms with van der Waals surface area (Å²) >= 11 is 1.33. The molecule has 1 saturated heterocycles. The van der Waals surface area contributed by atoms with E-state index in [-0.39, 0.29) is 0 Å². The second-order valence-corrected chi connectivity index (χ2v) is 7.07. The molecule has 6 heteroatoms. The standard InChI is InChI=1S/C15H23N3O2S/c1-3-18-8-4-5-11(18)9-17(2)15-16-12(10-6-7-10)13(21-15)14(19)20/h10-11H,3-9H2,1-2H3,(H,19,20). The van der Waals surface area contributed by atoms with Gasteiger partial charge in [0, 0.05) is 25.6 Å². The normalized spacial score (nSPS) is 22.7. The summed E-state index contributed by atoms with van der Waals surface area (Å²) in [7, 11) is 2.04. The second-order valence-electron chi connectivity index (χ2n) is 6.10. The highest BCUT2D eigenvalue weighted by molar-refractivity contribution is 7.17. The van der Waals surface area contributed by atoms with Crippen LogP contribution in [0.1, 0.15) is 53.9 Å². The zero-order valence-corrected chi connectivity index (χ0v) is 13.5. The molecule has 116 valence electrons. The molecule has 1 aliphatic carbocycles. The Balaban J connectivity index is 1.73. The minimum atomic E-state index is -0.829. The van der Waals surface area contributed by atoms with Gasteiger partial charge in [-0.25, -0.2) is 9.78 Å². The molecule has 3 rings (SSSR count). The zero-order chi connectivity index (χ0) is 15.0. The van der Waals surface area contributed by atoms with Crippen molar-refractivity contribution in [3.63, 3.8) is 0 Å². The third-order valence-electron chi connectivity index (χ3n) is 4.52. The van der Waals surface area contributed by atoms with E-state index in [1.165, 1.54) is 30.7 Å². The minimum absolute atomic E-state index is 0.383. The van der Waals surface area contributed by atoms with Gasteiger partial charge in [0.2, 0.25) is 0 Å². The molecule has 1 saturated carbocycles. The van der Waals surface area contributed by atoms with E-state index >= 15 is 0 Å². The summed E-state index contributed by atoms with van der Waals surface area (Å²) in [6.45, 7) is 5.41. The van der Waals surface area contributed by atoms with Crippen LogP contribution in [0.5, 0.6) is 0 Å². The second kappa shape index (κ2) is 5.93. The number of likely N-dealkylation sites (tertiary alicyclic amines) is 1. The molecule has 0 bridgehead atoms. The molecule has 1 unspecified atom stereocenters. The van der Waals surface area contributed by atoms with E-state index in [4.69, 9.17) is 0 Å². The maximum absolute atomic E-state index is 11.4. The predicted octanol–water partition coefficient (Wildman–Crippen LogP) is 2.64. The summed E-state index contributed by atoms with van der Waals surface area (Å²) < 4.78 is 0. The molecule has 1 aliphatic heterocycles. The van der Waals surface area contributed by atoms with Crippen LogP contribution in [0, 0.1) is 0 Å². The van der Waals surface area contributed by atoms with Crippen molar-refractivity contribution in [3.05, 3.63) is 10.6 Å². The van der Waals surface area contributed by atoms with Gasteiger partial charge in [0.15, 0.2) is 5.13 Å². The van der Waals surface area contributed by atoms with Gasteiger partial charge in [-0.15, -0.1) is 0 Å². The minimum Gasteiger partial charge on any atom is -0.477 e. The third kappa shape index (κ3) is 3.06. The van der Waals surface area contributed by atoms with Gasteiger partial charge in [-0.05, 0) is 38.8 Å². The summed E-state index contributed by atoms with van der Waals surface area (Å²) in [4.78, 5) is 21.1. The Morgan fingerprint density at radius 3 is 2.86 bits per heavy atom. The van der Waals surface area contributed by atoms with Crippen molar-refractivity contribution in [3.8, 4) is 0 Å². The van der Waals surface area contributed by atoms with Crippen molar-refractivity contribution in [2.24, 2.45) is 0 Å². The number of anilines is 1. The van der Waals surface area contributed by atoms with Crippen molar-refractivity contribution in [1.82, 2.24) is 9.88 Å². The molecule has 0 spiro atoms. The number of hydrogen-bond donors (Lipinski definition) is 1. The molecule has 1 aromatic heterocycles. The van der Waals surface area contributed by atoms with Gasteiger partial charge in [0.05, 0.1) is 5.69 Å². The van der Waals surface area contributed by atoms with Crippen LogP contribution >= 0.6 is 11.3 Å². The molecule has 2 heterocycles. The summed E-state index contributed by atoms with van der Waals surface area (Å²) in [6.07, 6.45) is 4.65. The van der Waals surface area contributed by atoms with Crippen LogP contribution in [-0.4, -0.2) is 53.7 Å². The number of carboxylic acid groups (broad SMARTS) is 1. The number of thiazole rings is 1. The molecular formula is C15H23N3O2S. The molecule has 1 N–H and O–H groups in total. The zero-order valence-electron chi connectivity index (χ0n) is 12.7. The largest absolute Gasteiger partial charge is 0.477 e. The van der Waals surface area contributed by atoms with E-state index in [9.17, 15) is 9.90 Å². The quantitative estimate of drug-likeness (QED) is 0.875. The Hall–Kier alpha value is -1.14. The van der Waals surface area contributed by atoms with E-state index < -0.39 is 5.97 Å².